The van der Waals surface area contributed by atoms with Gasteiger partial charge in [-0.05, 0) is 31.2 Å². The lowest BCUT2D eigenvalue weighted by Gasteiger charge is -2.53. The molecule has 0 saturated carbocycles. The minimum Gasteiger partial charge on any atom is -0.481 e. The molecule has 4 heterocycles. The van der Waals surface area contributed by atoms with Crippen LogP contribution in [0.3, 0.4) is 0 Å². The van der Waals surface area contributed by atoms with Crippen LogP contribution in [0.25, 0.3) is 0 Å². The average Bonchev–Trinajstić information content (AvgIpc) is 3.65. The van der Waals surface area contributed by atoms with Crippen molar-refractivity contribution in [1.82, 2.24) is 40.7 Å². The second-order valence-electron chi connectivity index (χ2n) is 10.9. The molecule has 46 heavy (non-hydrogen) atoms. The second kappa shape index (κ2) is 14.9. The smallest absolute Gasteiger partial charge is 0.407 e. The number of amides is 4. The van der Waals surface area contributed by atoms with Gasteiger partial charge in [-0.1, -0.05) is 23.0 Å². The maximum Gasteiger partial charge on any atom is 0.407 e. The molecular formula is C25H32N10O8S3. The Morgan fingerprint density at radius 2 is 2.13 bits per heavy atom. The summed E-state index contributed by atoms with van der Waals surface area (Å²) in [5.41, 5.74) is -2.16. The zero-order valence-corrected chi connectivity index (χ0v) is 27.4. The molecule has 18 nitrogen and oxygen atoms in total. The number of carbonyl (C=O) groups is 5. The fourth-order valence-electron chi connectivity index (χ4n) is 4.18. The van der Waals surface area contributed by atoms with Gasteiger partial charge in [0.2, 0.25) is 17.5 Å². The number of nitrogens with zero attached hydrogens (tertiary/aromatic N) is 7. The van der Waals surface area contributed by atoms with Crippen LogP contribution in [0.2, 0.25) is 0 Å². The summed E-state index contributed by atoms with van der Waals surface area (Å²) >= 11 is 3.45. The number of oxime groups is 1. The van der Waals surface area contributed by atoms with Gasteiger partial charge in [-0.3, -0.25) is 19.2 Å². The van der Waals surface area contributed by atoms with Gasteiger partial charge in [-0.25, -0.2) is 14.5 Å². The van der Waals surface area contributed by atoms with Gasteiger partial charge in [0, 0.05) is 23.4 Å². The van der Waals surface area contributed by atoms with E-state index in [1.807, 2.05) is 0 Å². The third kappa shape index (κ3) is 8.31. The molecule has 4 amide bonds. The third-order valence-corrected chi connectivity index (χ3v) is 9.93. The lowest BCUT2D eigenvalue weighted by Crippen LogP contribution is -2.74. The van der Waals surface area contributed by atoms with Gasteiger partial charge in [-0.15, -0.1) is 34.8 Å². The summed E-state index contributed by atoms with van der Waals surface area (Å²) in [5.74, 6) is -2.02. The van der Waals surface area contributed by atoms with Crippen LogP contribution >= 0.6 is 34.9 Å². The molecule has 3 atom stereocenters. The predicted octanol–water partition coefficient (Wildman–Crippen LogP) is 0.393. The maximum atomic E-state index is 13.4. The van der Waals surface area contributed by atoms with E-state index in [1.54, 1.807) is 26.8 Å². The van der Waals surface area contributed by atoms with Crippen molar-refractivity contribution in [2.45, 2.75) is 49.5 Å². The van der Waals surface area contributed by atoms with E-state index in [2.05, 4.69) is 48.2 Å². The van der Waals surface area contributed by atoms with Crippen LogP contribution in [0.15, 0.2) is 28.3 Å². The first kappa shape index (κ1) is 34.6. The summed E-state index contributed by atoms with van der Waals surface area (Å²) in [7, 11) is 0. The first-order chi connectivity index (χ1) is 21.9. The fourth-order valence-corrected chi connectivity index (χ4v) is 7.58. The lowest BCUT2D eigenvalue weighted by molar-refractivity contribution is -0.157. The number of carboxylic acids is 1. The van der Waals surface area contributed by atoms with Crippen molar-refractivity contribution in [1.29, 1.82) is 0 Å². The van der Waals surface area contributed by atoms with Crippen molar-refractivity contribution in [2.24, 2.45) is 10.6 Å². The number of fused-ring (bicyclic) bond motifs is 1. The number of allylic oxidation sites excluding steroid dienone is 1. The maximum absolute atomic E-state index is 13.4. The van der Waals surface area contributed by atoms with Crippen molar-refractivity contribution >= 4 is 76.0 Å². The van der Waals surface area contributed by atoms with E-state index in [0.29, 0.717) is 18.1 Å². The van der Waals surface area contributed by atoms with Gasteiger partial charge in [0.25, 0.3) is 5.91 Å². The predicted molar refractivity (Wildman–Crippen MR) is 167 cm³/mol. The summed E-state index contributed by atoms with van der Waals surface area (Å²) in [6, 6.07) is -0.956. The largest absolute Gasteiger partial charge is 0.481 e. The summed E-state index contributed by atoms with van der Waals surface area (Å²) in [4.78, 5) is 72.5. The highest BCUT2D eigenvalue weighted by Gasteiger charge is 2.57. The molecule has 2 aliphatic heterocycles. The number of carboxylic acid groups (broad SMARTS) is 1. The number of hydrogen-bond acceptors (Lipinski definition) is 15. The van der Waals surface area contributed by atoms with Crippen LogP contribution in [0.1, 0.15) is 26.5 Å². The highest BCUT2D eigenvalue weighted by molar-refractivity contribution is 8.00. The zero-order valence-electron chi connectivity index (χ0n) is 25.0. The topological polar surface area (TPSA) is 232 Å². The molecule has 0 aromatic carbocycles. The van der Waals surface area contributed by atoms with Crippen LogP contribution < -0.4 is 16.0 Å². The number of thioether (sulfide) groups is 2. The molecule has 0 bridgehead atoms. The number of hydrogen-bond donors (Lipinski definition) is 4. The van der Waals surface area contributed by atoms with E-state index in [-0.39, 0.29) is 47.7 Å². The summed E-state index contributed by atoms with van der Waals surface area (Å²) in [5, 5.41) is 34.6. The Kier molecular flexibility index (Phi) is 11.2. The van der Waals surface area contributed by atoms with E-state index < -0.39 is 46.3 Å². The highest BCUT2D eigenvalue weighted by Crippen LogP contribution is 2.44. The molecule has 248 valence electrons. The number of aromatic nitrogens is 5. The lowest BCUT2D eigenvalue weighted by atomic mass is 9.89. The molecule has 2 aliphatic rings. The third-order valence-electron chi connectivity index (χ3n) is 6.33. The highest BCUT2D eigenvalue weighted by atomic mass is 32.2. The number of tetrazole rings is 1. The molecule has 2 aromatic rings. The number of rotatable bonds is 15. The molecule has 0 aliphatic carbocycles. The molecule has 2 fully saturated rings. The normalized spacial score (nSPS) is 21.0. The van der Waals surface area contributed by atoms with E-state index in [4.69, 9.17) is 9.57 Å². The number of thiazole rings is 1. The zero-order chi connectivity index (χ0) is 33.5. The minimum atomic E-state index is -1.28. The first-order valence-corrected chi connectivity index (χ1v) is 16.6. The van der Waals surface area contributed by atoms with Gasteiger partial charge >= 0.3 is 12.1 Å². The molecular weight excluding hydrogens is 665 g/mol. The number of aliphatic carboxylic acids is 1. The first-order valence-electron chi connectivity index (χ1n) is 13.7. The SMILES string of the molecule is C=CCn1nnnc1SCC1(C(=O)O)CS[C@@H]2C(NC(=O)C(=NOCCNC(=O)OC(C)(C)C)c3csc(NC=O)n3)C(=O)N2C1. The Bertz CT molecular complexity index is 1510. The molecule has 4 rings (SSSR count). The molecule has 21 heteroatoms. The van der Waals surface area contributed by atoms with Gasteiger partial charge in [0.15, 0.2) is 10.8 Å². The number of anilines is 1. The van der Waals surface area contributed by atoms with E-state index in [0.717, 1.165) is 11.3 Å². The van der Waals surface area contributed by atoms with Gasteiger partial charge in [0.1, 0.15) is 34.7 Å². The number of ether oxygens (including phenoxy) is 1. The number of nitrogens with one attached hydrogen (secondary N) is 3. The number of alkyl carbamates (subject to hydrolysis) is 1. The quantitative estimate of drug-likeness (QED) is 0.0376. The minimum absolute atomic E-state index is 0.0178. The molecule has 2 aromatic heterocycles. The van der Waals surface area contributed by atoms with Crippen LogP contribution in [0.4, 0.5) is 9.93 Å². The molecule has 2 saturated heterocycles. The van der Waals surface area contributed by atoms with Crippen molar-refractivity contribution < 1.29 is 38.7 Å². The van der Waals surface area contributed by atoms with E-state index >= 15 is 0 Å². The van der Waals surface area contributed by atoms with E-state index in [1.165, 1.54) is 38.5 Å². The molecule has 0 radical (unpaired) electrons. The Hall–Kier alpha value is -4.24. The Morgan fingerprint density at radius 1 is 1.35 bits per heavy atom. The van der Waals surface area contributed by atoms with Crippen LogP contribution in [0, 0.1) is 5.41 Å². The Morgan fingerprint density at radius 3 is 2.83 bits per heavy atom. The van der Waals surface area contributed by atoms with Gasteiger partial charge in [-0.2, -0.15) is 0 Å². The number of β-lactam (4-membered cyclic amide) rings is 1. The summed E-state index contributed by atoms with van der Waals surface area (Å²) in [6.45, 7) is 9.00. The van der Waals surface area contributed by atoms with Crippen LogP contribution in [-0.2, 0) is 35.3 Å². The summed E-state index contributed by atoms with van der Waals surface area (Å²) in [6.07, 6.45) is 1.39. The van der Waals surface area contributed by atoms with Crippen molar-refractivity contribution in [3.8, 4) is 0 Å². The molecule has 0 spiro atoms. The van der Waals surface area contributed by atoms with Gasteiger partial charge in [0.05, 0.1) is 13.1 Å². The molecule has 2 unspecified atom stereocenters. The van der Waals surface area contributed by atoms with Crippen molar-refractivity contribution in [2.75, 3.05) is 36.5 Å². The van der Waals surface area contributed by atoms with Crippen molar-refractivity contribution in [3.05, 3.63) is 23.7 Å². The second-order valence-corrected chi connectivity index (χ2v) is 13.8. The Labute approximate surface area is 275 Å². The average molecular weight is 697 g/mol. The van der Waals surface area contributed by atoms with Crippen molar-refractivity contribution in [3.63, 3.8) is 0 Å². The standard InChI is InChI=1S/C25H32N10O8S3/c1-5-7-35-22(30-32-33-35)46-12-25(20(39)40)10-34-18(38)16(19(34)45-11-25)29-17(37)15(14-9-44-21(28-14)27-13-36)31-42-8-6-26-23(41)43-24(2,3)4/h5,9,13,16,19H,1,6-8,10-12H2,2-4H3,(H,26,41)(H,29,37)(H,39,40)(H,27,28,36)/t16?,19-,25?/m1/s1. The van der Waals surface area contributed by atoms with E-state index in [9.17, 15) is 29.1 Å². The van der Waals surface area contributed by atoms with Crippen LogP contribution in [0.5, 0.6) is 0 Å². The molecule has 4 N–H and O–H groups in total. The van der Waals surface area contributed by atoms with Crippen LogP contribution in [-0.4, -0.2) is 119 Å². The fraction of sp³-hybridized carbons (Fsp3) is 0.520. The summed E-state index contributed by atoms with van der Waals surface area (Å²) < 4.78 is 6.64. The van der Waals surface area contributed by atoms with Gasteiger partial charge < -0.3 is 35.5 Å². The monoisotopic (exact) mass is 696 g/mol. The Balaban J connectivity index is 1.39. The number of carbonyl (C=O) groups excluding carboxylic acids is 4.